The number of benzene rings is 1. The van der Waals surface area contributed by atoms with Gasteiger partial charge in [0, 0.05) is 17.1 Å². The number of nitrogens with zero attached hydrogens (tertiary/aromatic N) is 2. The van der Waals surface area contributed by atoms with Crippen molar-refractivity contribution in [1.82, 2.24) is 9.88 Å². The molecule has 1 aliphatic carbocycles. The van der Waals surface area contributed by atoms with Crippen LogP contribution < -0.4 is 0 Å². The summed E-state index contributed by atoms with van der Waals surface area (Å²) in [5, 5.41) is 0. The molecule has 0 radical (unpaired) electrons. The molecule has 30 heavy (non-hydrogen) atoms. The van der Waals surface area contributed by atoms with Crippen molar-refractivity contribution in [2.75, 3.05) is 0 Å². The van der Waals surface area contributed by atoms with Crippen molar-refractivity contribution in [1.29, 1.82) is 0 Å². The molecule has 1 aliphatic rings. The Morgan fingerprint density at radius 1 is 1.17 bits per heavy atom. The number of unbranched alkanes of at least 4 members (excludes halogenated alkanes) is 2. The average Bonchev–Trinajstić information content (AvgIpc) is 3.54. The van der Waals surface area contributed by atoms with E-state index in [9.17, 15) is 9.18 Å². The summed E-state index contributed by atoms with van der Waals surface area (Å²) in [6.07, 6.45) is 8.25. The number of carbonyl (C=O) groups is 1. The van der Waals surface area contributed by atoms with E-state index in [4.69, 9.17) is 0 Å². The number of hydrogen-bond acceptors (Lipinski definition) is 2. The number of rotatable bonds is 12. The van der Waals surface area contributed by atoms with Gasteiger partial charge in [0.25, 0.3) is 0 Å². The zero-order chi connectivity index (χ0) is 21.4. The van der Waals surface area contributed by atoms with Gasteiger partial charge in [-0.05, 0) is 61.9 Å². The van der Waals surface area contributed by atoms with Crippen molar-refractivity contribution in [2.24, 2.45) is 0 Å². The lowest BCUT2D eigenvalue weighted by Crippen LogP contribution is -2.40. The second-order valence-corrected chi connectivity index (χ2v) is 9.24. The van der Waals surface area contributed by atoms with Crippen LogP contribution in [0.5, 0.6) is 0 Å². The summed E-state index contributed by atoms with van der Waals surface area (Å²) in [5.41, 5.74) is 1.86. The van der Waals surface area contributed by atoms with E-state index >= 15 is 0 Å². The molecule has 0 spiro atoms. The van der Waals surface area contributed by atoms with Gasteiger partial charge < -0.3 is 4.90 Å². The summed E-state index contributed by atoms with van der Waals surface area (Å²) in [5.74, 6) is 0.170. The fourth-order valence-corrected chi connectivity index (χ4v) is 4.55. The van der Waals surface area contributed by atoms with Gasteiger partial charge in [0.2, 0.25) is 5.91 Å². The molecule has 1 amide bonds. The Kier molecular flexibility index (Phi) is 8.43. The highest BCUT2D eigenvalue weighted by Gasteiger charge is 2.51. The minimum absolute atomic E-state index is 0.170. The summed E-state index contributed by atoms with van der Waals surface area (Å²) in [6.45, 7) is 2.54. The van der Waals surface area contributed by atoms with E-state index < -0.39 is 6.17 Å². The highest BCUT2D eigenvalue weighted by atomic mass is 79.9. The number of hydrogen-bond donors (Lipinski definition) is 0. The van der Waals surface area contributed by atoms with Crippen LogP contribution in [0.4, 0.5) is 4.39 Å². The molecule has 1 atom stereocenters. The van der Waals surface area contributed by atoms with Gasteiger partial charge in [0.1, 0.15) is 6.17 Å². The Morgan fingerprint density at radius 2 is 2.00 bits per heavy atom. The quantitative estimate of drug-likeness (QED) is 0.311. The summed E-state index contributed by atoms with van der Waals surface area (Å²) >= 11 is 3.57. The van der Waals surface area contributed by atoms with Crippen molar-refractivity contribution in [3.05, 3.63) is 64.4 Å². The van der Waals surface area contributed by atoms with Crippen LogP contribution >= 0.6 is 15.9 Å². The van der Waals surface area contributed by atoms with Gasteiger partial charge in [-0.15, -0.1) is 0 Å². The molecule has 5 heteroatoms. The largest absolute Gasteiger partial charge is 0.327 e. The lowest BCUT2D eigenvalue weighted by atomic mass is 10.0. The number of amides is 1. The maximum Gasteiger partial charge on any atom is 0.223 e. The van der Waals surface area contributed by atoms with Crippen molar-refractivity contribution >= 4 is 21.8 Å². The van der Waals surface area contributed by atoms with Gasteiger partial charge in [0.05, 0.1) is 17.8 Å². The number of halogens is 2. The van der Waals surface area contributed by atoms with Crippen LogP contribution in [0.25, 0.3) is 0 Å². The normalized spacial score (nSPS) is 15.6. The van der Waals surface area contributed by atoms with Gasteiger partial charge >= 0.3 is 0 Å². The zero-order valence-corrected chi connectivity index (χ0v) is 19.4. The first-order valence-corrected chi connectivity index (χ1v) is 11.9. The van der Waals surface area contributed by atoms with Gasteiger partial charge in [0.15, 0.2) is 0 Å². The number of alkyl halides is 1. The van der Waals surface area contributed by atoms with E-state index in [0.29, 0.717) is 25.8 Å². The highest BCUT2D eigenvalue weighted by Crippen LogP contribution is 2.52. The number of pyridine rings is 1. The SMILES string of the molecule is CCCC(F)CCCCCC(=O)N(Cc1ccccn1)C1(c2cccc(Br)c2)CC1. The average molecular weight is 475 g/mol. The van der Waals surface area contributed by atoms with Crippen molar-refractivity contribution in [3.63, 3.8) is 0 Å². The summed E-state index contributed by atoms with van der Waals surface area (Å²) in [6, 6.07) is 14.1. The van der Waals surface area contributed by atoms with Crippen molar-refractivity contribution in [2.45, 2.75) is 83.0 Å². The molecule has 1 aromatic carbocycles. The molecular formula is C25H32BrFN2O. The molecule has 162 valence electrons. The van der Waals surface area contributed by atoms with Gasteiger partial charge in [-0.3, -0.25) is 9.78 Å². The Balaban J connectivity index is 1.65. The zero-order valence-electron chi connectivity index (χ0n) is 17.8. The minimum atomic E-state index is -0.697. The third kappa shape index (κ3) is 6.13. The van der Waals surface area contributed by atoms with Gasteiger partial charge in [-0.1, -0.05) is 60.3 Å². The Morgan fingerprint density at radius 3 is 2.67 bits per heavy atom. The smallest absolute Gasteiger partial charge is 0.223 e. The maximum absolute atomic E-state index is 13.7. The molecule has 1 heterocycles. The van der Waals surface area contributed by atoms with Gasteiger partial charge in [-0.2, -0.15) is 0 Å². The van der Waals surface area contributed by atoms with Crippen LogP contribution in [0, 0.1) is 0 Å². The first kappa shape index (κ1) is 22.9. The molecule has 0 N–H and O–H groups in total. The first-order chi connectivity index (χ1) is 14.5. The number of aromatic nitrogens is 1. The molecule has 1 unspecified atom stereocenters. The monoisotopic (exact) mass is 474 g/mol. The lowest BCUT2D eigenvalue weighted by molar-refractivity contribution is -0.135. The summed E-state index contributed by atoms with van der Waals surface area (Å²) < 4.78 is 14.7. The minimum Gasteiger partial charge on any atom is -0.327 e. The Hall–Kier alpha value is -1.75. The number of carbonyl (C=O) groups excluding carboxylic acids is 1. The molecule has 3 nitrogen and oxygen atoms in total. The van der Waals surface area contributed by atoms with Crippen LogP contribution in [0.3, 0.4) is 0 Å². The molecule has 1 aromatic heterocycles. The van der Waals surface area contributed by atoms with Crippen LogP contribution in [-0.4, -0.2) is 22.0 Å². The van der Waals surface area contributed by atoms with E-state index in [0.717, 1.165) is 48.7 Å². The predicted octanol–water partition coefficient (Wildman–Crippen LogP) is 6.95. The molecule has 0 saturated heterocycles. The van der Waals surface area contributed by atoms with Crippen LogP contribution in [-0.2, 0) is 16.9 Å². The Labute approximate surface area is 188 Å². The molecule has 3 rings (SSSR count). The standard InChI is InChI=1S/C25H32BrFN2O/c1-2-9-22(27)12-4-3-5-14-24(30)29(19-23-13-6-7-17-28-23)25(15-16-25)20-10-8-11-21(26)18-20/h6-8,10-11,13,17-18,22H,2-5,9,12,14-16,19H2,1H3. The maximum atomic E-state index is 13.7. The topological polar surface area (TPSA) is 33.2 Å². The van der Waals surface area contributed by atoms with E-state index in [1.54, 1.807) is 6.20 Å². The summed E-state index contributed by atoms with van der Waals surface area (Å²) in [4.78, 5) is 19.8. The first-order valence-electron chi connectivity index (χ1n) is 11.2. The lowest BCUT2D eigenvalue weighted by Gasteiger charge is -2.33. The van der Waals surface area contributed by atoms with Crippen molar-refractivity contribution < 1.29 is 9.18 Å². The second kappa shape index (κ2) is 11.0. The van der Waals surface area contributed by atoms with E-state index in [1.165, 1.54) is 5.56 Å². The van der Waals surface area contributed by atoms with E-state index in [1.807, 2.05) is 42.2 Å². The van der Waals surface area contributed by atoms with E-state index in [-0.39, 0.29) is 11.4 Å². The second-order valence-electron chi connectivity index (χ2n) is 8.33. The molecule has 1 saturated carbocycles. The molecule has 0 aliphatic heterocycles. The Bertz CT molecular complexity index is 810. The summed E-state index contributed by atoms with van der Waals surface area (Å²) in [7, 11) is 0. The van der Waals surface area contributed by atoms with Crippen LogP contribution in [0.2, 0.25) is 0 Å². The van der Waals surface area contributed by atoms with Crippen LogP contribution in [0.15, 0.2) is 53.1 Å². The van der Waals surface area contributed by atoms with Crippen molar-refractivity contribution in [3.8, 4) is 0 Å². The highest BCUT2D eigenvalue weighted by molar-refractivity contribution is 9.10. The predicted molar refractivity (Wildman–Crippen MR) is 123 cm³/mol. The van der Waals surface area contributed by atoms with E-state index in [2.05, 4.69) is 33.0 Å². The molecular weight excluding hydrogens is 443 g/mol. The van der Waals surface area contributed by atoms with Crippen LogP contribution in [0.1, 0.15) is 76.0 Å². The molecule has 1 fully saturated rings. The molecule has 2 aromatic rings. The fraction of sp³-hybridized carbons (Fsp3) is 0.520. The third-order valence-corrected chi connectivity index (χ3v) is 6.45. The fourth-order valence-electron chi connectivity index (χ4n) is 4.15. The van der Waals surface area contributed by atoms with Gasteiger partial charge in [-0.25, -0.2) is 4.39 Å². The third-order valence-electron chi connectivity index (χ3n) is 5.96. The molecule has 0 bridgehead atoms.